The number of rotatable bonds is 5. The quantitative estimate of drug-likeness (QED) is 0.203. The molecule has 5 heteroatoms. The minimum absolute atomic E-state index is 0.150. The maximum atomic E-state index is 9.45. The van der Waals surface area contributed by atoms with Crippen LogP contribution < -0.4 is 5.73 Å². The van der Waals surface area contributed by atoms with E-state index in [4.69, 9.17) is 10.9 Å². The van der Waals surface area contributed by atoms with Gasteiger partial charge in [-0.15, -0.1) is 0 Å². The maximum absolute atomic E-state index is 9.45. The summed E-state index contributed by atoms with van der Waals surface area (Å²) in [4.78, 5) is 2.28. The van der Waals surface area contributed by atoms with E-state index in [0.717, 1.165) is 45.3 Å². The van der Waals surface area contributed by atoms with E-state index in [2.05, 4.69) is 10.1 Å². The van der Waals surface area contributed by atoms with E-state index in [1.165, 1.54) is 0 Å². The van der Waals surface area contributed by atoms with Gasteiger partial charge in [-0.05, 0) is 38.8 Å². The van der Waals surface area contributed by atoms with Crippen LogP contribution in [0.2, 0.25) is 0 Å². The Morgan fingerprint density at radius 1 is 1.47 bits per heavy atom. The van der Waals surface area contributed by atoms with Crippen LogP contribution in [0.3, 0.4) is 0 Å². The summed E-state index contributed by atoms with van der Waals surface area (Å²) in [5.74, 6) is 0.300. The average molecular weight is 215 g/mol. The number of aliphatic hydroxyl groups is 1. The number of nitrogens with zero attached hydrogens (tertiary/aromatic N) is 2. The Hall–Kier alpha value is -0.810. The fourth-order valence-electron chi connectivity index (χ4n) is 1.93. The number of likely N-dealkylation sites (tertiary alicyclic amines) is 1. The zero-order valence-corrected chi connectivity index (χ0v) is 9.10. The zero-order valence-electron chi connectivity index (χ0n) is 9.10. The van der Waals surface area contributed by atoms with E-state index >= 15 is 0 Å². The number of hydrogen-bond acceptors (Lipinski definition) is 4. The lowest BCUT2D eigenvalue weighted by atomic mass is 10.1. The fraction of sp³-hybridized carbons (Fsp3) is 0.900. The highest BCUT2D eigenvalue weighted by Gasteiger charge is 2.16. The normalized spacial score (nSPS) is 24.3. The van der Waals surface area contributed by atoms with Crippen molar-refractivity contribution in [3.63, 3.8) is 0 Å². The van der Waals surface area contributed by atoms with Gasteiger partial charge in [0.15, 0.2) is 0 Å². The molecule has 88 valence electrons. The van der Waals surface area contributed by atoms with Crippen LogP contribution in [0, 0.1) is 0 Å². The smallest absolute Gasteiger partial charge is 0.139 e. The number of piperidine rings is 1. The van der Waals surface area contributed by atoms with Crippen LogP contribution in [0.15, 0.2) is 5.16 Å². The number of amidine groups is 1. The molecule has 1 heterocycles. The number of unbranched alkanes of at least 4 members (excludes halogenated alkanes) is 1. The van der Waals surface area contributed by atoms with E-state index in [1.54, 1.807) is 0 Å². The Balaban J connectivity index is 2.04. The van der Waals surface area contributed by atoms with Crippen molar-refractivity contribution in [1.29, 1.82) is 0 Å². The highest BCUT2D eigenvalue weighted by molar-refractivity contribution is 5.79. The lowest BCUT2D eigenvalue weighted by Gasteiger charge is -2.29. The average Bonchev–Trinajstić information content (AvgIpc) is 2.24. The Morgan fingerprint density at radius 3 is 2.93 bits per heavy atom. The van der Waals surface area contributed by atoms with Gasteiger partial charge in [0.05, 0.1) is 6.10 Å². The molecule has 0 saturated carbocycles. The first-order chi connectivity index (χ1) is 7.22. The summed E-state index contributed by atoms with van der Waals surface area (Å²) in [6, 6.07) is 0. The molecule has 0 aromatic rings. The number of aliphatic hydroxyl groups excluding tert-OH is 1. The molecular weight excluding hydrogens is 194 g/mol. The number of hydrogen-bond donors (Lipinski definition) is 3. The van der Waals surface area contributed by atoms with Crippen molar-refractivity contribution in [1.82, 2.24) is 4.90 Å². The van der Waals surface area contributed by atoms with Crippen molar-refractivity contribution in [3.8, 4) is 0 Å². The van der Waals surface area contributed by atoms with E-state index < -0.39 is 0 Å². The molecule has 1 unspecified atom stereocenters. The molecule has 1 aliphatic rings. The van der Waals surface area contributed by atoms with Gasteiger partial charge in [0, 0.05) is 13.0 Å². The number of β-amino-alcohol motifs (C(OH)–C–C–N with tert-alkyl or cyclic N) is 1. The van der Waals surface area contributed by atoms with Gasteiger partial charge in [-0.25, -0.2) is 0 Å². The second-order valence-corrected chi connectivity index (χ2v) is 4.15. The van der Waals surface area contributed by atoms with Gasteiger partial charge in [-0.2, -0.15) is 0 Å². The van der Waals surface area contributed by atoms with Crippen LogP contribution in [-0.4, -0.2) is 46.8 Å². The molecule has 1 atom stereocenters. The van der Waals surface area contributed by atoms with Crippen molar-refractivity contribution in [2.75, 3.05) is 19.6 Å². The van der Waals surface area contributed by atoms with Crippen molar-refractivity contribution in [3.05, 3.63) is 0 Å². The Labute approximate surface area is 90.6 Å². The second kappa shape index (κ2) is 6.63. The molecule has 1 rings (SSSR count). The minimum Gasteiger partial charge on any atom is -0.409 e. The van der Waals surface area contributed by atoms with Gasteiger partial charge in [0.1, 0.15) is 5.84 Å². The fourth-order valence-corrected chi connectivity index (χ4v) is 1.93. The summed E-state index contributed by atoms with van der Waals surface area (Å²) in [7, 11) is 0. The molecule has 1 fully saturated rings. The molecule has 15 heavy (non-hydrogen) atoms. The Bertz CT molecular complexity index is 209. The first-order valence-corrected chi connectivity index (χ1v) is 5.59. The third-order valence-electron chi connectivity index (χ3n) is 2.77. The molecule has 0 spiro atoms. The lowest BCUT2D eigenvalue weighted by molar-refractivity contribution is 0.0699. The molecule has 4 N–H and O–H groups in total. The third-order valence-corrected chi connectivity index (χ3v) is 2.77. The second-order valence-electron chi connectivity index (χ2n) is 4.15. The van der Waals surface area contributed by atoms with E-state index in [0.29, 0.717) is 12.3 Å². The van der Waals surface area contributed by atoms with Crippen molar-refractivity contribution >= 4 is 5.84 Å². The van der Waals surface area contributed by atoms with Gasteiger partial charge in [-0.1, -0.05) is 5.16 Å². The van der Waals surface area contributed by atoms with Gasteiger partial charge < -0.3 is 20.9 Å². The molecule has 1 aliphatic heterocycles. The standard InChI is InChI=1S/C10H21N3O2/c11-10(12-15)5-1-2-6-13-7-3-4-9(14)8-13/h9,14-15H,1-8H2,(H2,11,12). The predicted octanol–water partition coefficient (Wildman–Crippen LogP) is 0.360. The third kappa shape index (κ3) is 4.99. The SMILES string of the molecule is N/C(CCCCN1CCCC(O)C1)=N/O. The lowest BCUT2D eigenvalue weighted by Crippen LogP contribution is -2.38. The molecule has 1 saturated heterocycles. The molecule has 5 nitrogen and oxygen atoms in total. The highest BCUT2D eigenvalue weighted by atomic mass is 16.4. The van der Waals surface area contributed by atoms with E-state index in [-0.39, 0.29) is 6.10 Å². The van der Waals surface area contributed by atoms with Gasteiger partial charge in [0.25, 0.3) is 0 Å². The van der Waals surface area contributed by atoms with Gasteiger partial charge in [-0.3, -0.25) is 0 Å². The maximum Gasteiger partial charge on any atom is 0.139 e. The van der Waals surface area contributed by atoms with Gasteiger partial charge >= 0.3 is 0 Å². The Morgan fingerprint density at radius 2 is 2.27 bits per heavy atom. The van der Waals surface area contributed by atoms with E-state index in [1.807, 2.05) is 0 Å². The topological polar surface area (TPSA) is 82.1 Å². The summed E-state index contributed by atoms with van der Waals surface area (Å²) in [5, 5.41) is 20.7. The van der Waals surface area contributed by atoms with Crippen LogP contribution in [0.4, 0.5) is 0 Å². The van der Waals surface area contributed by atoms with Crippen LogP contribution in [0.1, 0.15) is 32.1 Å². The number of oxime groups is 1. The predicted molar refractivity (Wildman–Crippen MR) is 58.9 cm³/mol. The molecule has 0 aromatic carbocycles. The summed E-state index contributed by atoms with van der Waals surface area (Å²) in [5.41, 5.74) is 5.36. The number of nitrogens with two attached hydrogens (primary N) is 1. The summed E-state index contributed by atoms with van der Waals surface area (Å²) < 4.78 is 0. The largest absolute Gasteiger partial charge is 0.409 e. The van der Waals surface area contributed by atoms with Crippen LogP contribution in [-0.2, 0) is 0 Å². The summed E-state index contributed by atoms with van der Waals surface area (Å²) in [6.45, 7) is 2.87. The molecular formula is C10H21N3O2. The molecule has 0 bridgehead atoms. The minimum atomic E-state index is -0.150. The van der Waals surface area contributed by atoms with Crippen molar-refractivity contribution in [2.24, 2.45) is 10.9 Å². The van der Waals surface area contributed by atoms with Crippen molar-refractivity contribution < 1.29 is 10.3 Å². The van der Waals surface area contributed by atoms with Crippen LogP contribution in [0.25, 0.3) is 0 Å². The monoisotopic (exact) mass is 215 g/mol. The summed E-state index contributed by atoms with van der Waals surface area (Å²) >= 11 is 0. The zero-order chi connectivity index (χ0) is 11.1. The first kappa shape index (κ1) is 12.3. The van der Waals surface area contributed by atoms with Crippen molar-refractivity contribution in [2.45, 2.75) is 38.2 Å². The summed E-state index contributed by atoms with van der Waals surface area (Å²) in [6.07, 6.45) is 4.48. The highest BCUT2D eigenvalue weighted by Crippen LogP contribution is 2.10. The van der Waals surface area contributed by atoms with Crippen LogP contribution >= 0.6 is 0 Å². The molecule has 0 aliphatic carbocycles. The van der Waals surface area contributed by atoms with Gasteiger partial charge in [0.2, 0.25) is 0 Å². The molecule has 0 radical (unpaired) electrons. The van der Waals surface area contributed by atoms with E-state index in [9.17, 15) is 5.11 Å². The molecule has 0 amide bonds. The first-order valence-electron chi connectivity index (χ1n) is 5.59. The Kier molecular flexibility index (Phi) is 5.42. The van der Waals surface area contributed by atoms with Crippen LogP contribution in [0.5, 0.6) is 0 Å². The molecule has 0 aromatic heterocycles.